The van der Waals surface area contributed by atoms with Crippen LogP contribution in [0.25, 0.3) is 0 Å². The van der Waals surface area contributed by atoms with E-state index in [-0.39, 0.29) is 0 Å². The summed E-state index contributed by atoms with van der Waals surface area (Å²) in [5, 5.41) is 23.5. The van der Waals surface area contributed by atoms with Crippen LogP contribution in [0.15, 0.2) is 0 Å². The summed E-state index contributed by atoms with van der Waals surface area (Å²) in [6.07, 6.45) is -2.74. The molecule has 0 atom stereocenters. The standard InChI is InChI=1S/C7H12O12P2/c8-4(9)7(5(10)11,6(12)13)2-1-3(20(14,15)16)21(17,18)19/h3H,1-2H2,(H,8,9)(H,10,11)(H,12,13)(H2,14,15,16)(H2,17,18,19). The highest BCUT2D eigenvalue weighted by Gasteiger charge is 2.56. The van der Waals surface area contributed by atoms with E-state index in [1.54, 1.807) is 0 Å². The van der Waals surface area contributed by atoms with E-state index in [1.165, 1.54) is 0 Å². The molecule has 0 bridgehead atoms. The number of hydrogen-bond acceptors (Lipinski definition) is 5. The molecule has 0 saturated carbocycles. The normalized spacial score (nSPS) is 13.2. The van der Waals surface area contributed by atoms with Crippen molar-refractivity contribution in [3.63, 3.8) is 0 Å². The molecule has 0 saturated heterocycles. The zero-order valence-electron chi connectivity index (χ0n) is 10.1. The maximum absolute atomic E-state index is 11.0. The summed E-state index contributed by atoms with van der Waals surface area (Å²) in [6, 6.07) is 0. The molecule has 0 fully saturated rings. The molecule has 0 aromatic carbocycles. The first-order valence-corrected chi connectivity index (χ1v) is 8.34. The molecule has 0 heterocycles. The van der Waals surface area contributed by atoms with Crippen molar-refractivity contribution in [3.8, 4) is 0 Å². The Bertz CT molecular complexity index is 482. The highest BCUT2D eigenvalue weighted by molar-refractivity contribution is 7.70. The molecule has 0 spiro atoms. The van der Waals surface area contributed by atoms with E-state index in [1.807, 2.05) is 0 Å². The fourth-order valence-corrected chi connectivity index (χ4v) is 3.97. The largest absolute Gasteiger partial charge is 0.480 e. The van der Waals surface area contributed by atoms with Gasteiger partial charge in [0.05, 0.1) is 0 Å². The van der Waals surface area contributed by atoms with Crippen LogP contribution in [-0.2, 0) is 23.5 Å². The fraction of sp³-hybridized carbons (Fsp3) is 0.571. The van der Waals surface area contributed by atoms with Gasteiger partial charge in [-0.2, -0.15) is 0 Å². The van der Waals surface area contributed by atoms with Crippen molar-refractivity contribution in [2.45, 2.75) is 18.2 Å². The average molecular weight is 350 g/mol. The number of carboxylic acid groups (broad SMARTS) is 3. The van der Waals surface area contributed by atoms with Crippen molar-refractivity contribution in [2.75, 3.05) is 0 Å². The lowest BCUT2D eigenvalue weighted by Crippen LogP contribution is -2.46. The third-order valence-corrected chi connectivity index (χ3v) is 6.52. The first-order valence-electron chi connectivity index (χ1n) is 4.98. The predicted molar refractivity (Wildman–Crippen MR) is 62.5 cm³/mol. The second kappa shape index (κ2) is 6.22. The predicted octanol–water partition coefficient (Wildman–Crippen LogP) is -1.31. The Kier molecular flexibility index (Phi) is 5.84. The third kappa shape index (κ3) is 4.34. The van der Waals surface area contributed by atoms with Crippen LogP contribution in [0.1, 0.15) is 12.8 Å². The van der Waals surface area contributed by atoms with E-state index in [2.05, 4.69) is 0 Å². The molecule has 0 amide bonds. The minimum absolute atomic E-state index is 1.32. The smallest absolute Gasteiger partial charge is 0.340 e. The van der Waals surface area contributed by atoms with Crippen molar-refractivity contribution in [3.05, 3.63) is 0 Å². The van der Waals surface area contributed by atoms with Gasteiger partial charge in [0.25, 0.3) is 5.41 Å². The van der Waals surface area contributed by atoms with Gasteiger partial charge in [-0.3, -0.25) is 23.5 Å². The summed E-state index contributed by atoms with van der Waals surface area (Å²) in [5.41, 5.74) is -3.47. The van der Waals surface area contributed by atoms with E-state index in [0.717, 1.165) is 0 Å². The van der Waals surface area contributed by atoms with Gasteiger partial charge in [0.1, 0.15) is 0 Å². The van der Waals surface area contributed by atoms with Gasteiger partial charge in [0.15, 0.2) is 5.40 Å². The molecular formula is C7H12O12P2. The molecule has 0 aromatic rings. The minimum Gasteiger partial charge on any atom is -0.480 e. The Balaban J connectivity index is 5.65. The summed E-state index contributed by atoms with van der Waals surface area (Å²) < 4.78 is 21.9. The molecule has 0 aliphatic heterocycles. The number of carbonyl (C=O) groups is 3. The summed E-state index contributed by atoms with van der Waals surface area (Å²) in [5.74, 6) is -7.01. The molecule has 7 N–H and O–H groups in total. The quantitative estimate of drug-likeness (QED) is 0.200. The van der Waals surface area contributed by atoms with Crippen molar-refractivity contribution >= 4 is 33.1 Å². The summed E-state index contributed by atoms with van der Waals surface area (Å²) in [6.45, 7) is 0. The molecule has 122 valence electrons. The monoisotopic (exact) mass is 350 g/mol. The van der Waals surface area contributed by atoms with E-state index < -0.39 is 56.8 Å². The zero-order chi connectivity index (χ0) is 17.2. The number of hydrogen-bond donors (Lipinski definition) is 7. The van der Waals surface area contributed by atoms with Crippen molar-refractivity contribution in [1.82, 2.24) is 0 Å². The van der Waals surface area contributed by atoms with Crippen LogP contribution < -0.4 is 0 Å². The van der Waals surface area contributed by atoms with Crippen LogP contribution in [0.3, 0.4) is 0 Å². The molecular weight excluding hydrogens is 338 g/mol. The van der Waals surface area contributed by atoms with Crippen molar-refractivity contribution < 1.29 is 58.4 Å². The molecule has 0 aliphatic rings. The first kappa shape index (κ1) is 19.7. The van der Waals surface area contributed by atoms with E-state index in [9.17, 15) is 23.5 Å². The molecule has 21 heavy (non-hydrogen) atoms. The van der Waals surface area contributed by atoms with Gasteiger partial charge < -0.3 is 34.9 Å². The van der Waals surface area contributed by atoms with Crippen LogP contribution in [-0.4, -0.2) is 58.2 Å². The maximum atomic E-state index is 11.0. The molecule has 0 unspecified atom stereocenters. The lowest BCUT2D eigenvalue weighted by Gasteiger charge is -2.24. The SMILES string of the molecule is O=C(O)C(CCC(P(=O)(O)O)P(=O)(O)O)(C(=O)O)C(=O)O. The van der Waals surface area contributed by atoms with Gasteiger partial charge in [-0.05, 0) is 12.8 Å². The van der Waals surface area contributed by atoms with E-state index in [0.29, 0.717) is 0 Å². The Hall–Kier alpha value is -1.29. The van der Waals surface area contributed by atoms with Crippen LogP contribution in [0, 0.1) is 5.41 Å². The molecule has 0 aromatic heterocycles. The highest BCUT2D eigenvalue weighted by Crippen LogP contribution is 2.62. The topological polar surface area (TPSA) is 227 Å². The Morgan fingerprint density at radius 1 is 0.810 bits per heavy atom. The number of aliphatic carboxylic acids is 3. The van der Waals surface area contributed by atoms with E-state index in [4.69, 9.17) is 34.9 Å². The third-order valence-electron chi connectivity index (χ3n) is 2.65. The van der Waals surface area contributed by atoms with Gasteiger partial charge in [0.2, 0.25) is 0 Å². The van der Waals surface area contributed by atoms with Gasteiger partial charge in [0, 0.05) is 0 Å². The van der Waals surface area contributed by atoms with Crippen molar-refractivity contribution in [1.29, 1.82) is 0 Å². The second-order valence-corrected chi connectivity index (χ2v) is 8.03. The van der Waals surface area contributed by atoms with Crippen molar-refractivity contribution in [2.24, 2.45) is 5.41 Å². The van der Waals surface area contributed by atoms with Crippen LogP contribution in [0.4, 0.5) is 0 Å². The van der Waals surface area contributed by atoms with Gasteiger partial charge in [-0.1, -0.05) is 0 Å². The van der Waals surface area contributed by atoms with Gasteiger partial charge >= 0.3 is 33.1 Å². The summed E-state index contributed by atoms with van der Waals surface area (Å²) in [4.78, 5) is 67.8. The van der Waals surface area contributed by atoms with Crippen LogP contribution in [0.2, 0.25) is 0 Å². The highest BCUT2D eigenvalue weighted by atomic mass is 31.2. The Morgan fingerprint density at radius 2 is 1.10 bits per heavy atom. The van der Waals surface area contributed by atoms with Crippen LogP contribution in [0.5, 0.6) is 0 Å². The van der Waals surface area contributed by atoms with Gasteiger partial charge in [-0.25, -0.2) is 0 Å². The second-order valence-electron chi connectivity index (χ2n) is 4.02. The zero-order valence-corrected chi connectivity index (χ0v) is 11.8. The van der Waals surface area contributed by atoms with E-state index >= 15 is 0 Å². The molecule has 0 rings (SSSR count). The first-order chi connectivity index (χ1) is 9.17. The van der Waals surface area contributed by atoms with Crippen LogP contribution >= 0.6 is 15.2 Å². The average Bonchev–Trinajstić information content (AvgIpc) is 2.18. The number of carboxylic acids is 3. The Labute approximate surface area is 116 Å². The molecule has 12 nitrogen and oxygen atoms in total. The Morgan fingerprint density at radius 3 is 1.29 bits per heavy atom. The summed E-state index contributed by atoms with van der Waals surface area (Å²) in [7, 11) is -10.8. The number of rotatable bonds is 8. The summed E-state index contributed by atoms with van der Waals surface area (Å²) >= 11 is 0. The minimum atomic E-state index is -5.42. The lowest BCUT2D eigenvalue weighted by atomic mass is 9.83. The molecule has 0 radical (unpaired) electrons. The molecule has 14 heteroatoms. The maximum Gasteiger partial charge on any atom is 0.340 e. The fourth-order valence-electron chi connectivity index (χ4n) is 1.47. The van der Waals surface area contributed by atoms with Gasteiger partial charge in [-0.15, -0.1) is 0 Å². The molecule has 0 aliphatic carbocycles. The lowest BCUT2D eigenvalue weighted by molar-refractivity contribution is -0.176.